The van der Waals surface area contributed by atoms with Crippen LogP contribution in [0.4, 0.5) is 0 Å². The standard InChI is InChI=1S/C14H19N5O5/c1-4-5-8(13(22)23)16-9(20)6-19-7-15-11-10(19)12(21)18(3)14(24)17(11)2/h7-8H,4-6H2,1-3H3,(H,16,20)(H,22,23). The summed E-state index contributed by atoms with van der Waals surface area (Å²) in [6.07, 6.45) is 2.19. The lowest BCUT2D eigenvalue weighted by atomic mass is 10.1. The largest absolute Gasteiger partial charge is 0.480 e. The SMILES string of the molecule is CCCC(NC(=O)Cn1cnc2c1c(=O)n(C)c(=O)n2C)C(=O)O. The highest BCUT2D eigenvalue weighted by Gasteiger charge is 2.20. The third-order valence-corrected chi connectivity index (χ3v) is 3.74. The van der Waals surface area contributed by atoms with Gasteiger partial charge in [-0.1, -0.05) is 13.3 Å². The van der Waals surface area contributed by atoms with Crippen LogP contribution in [-0.4, -0.2) is 41.7 Å². The first-order valence-electron chi connectivity index (χ1n) is 7.41. The zero-order chi connectivity index (χ0) is 18.0. The molecule has 2 aromatic rings. The molecule has 2 aromatic heterocycles. The number of hydrogen-bond acceptors (Lipinski definition) is 5. The first-order chi connectivity index (χ1) is 11.3. The fraction of sp³-hybridized carbons (Fsp3) is 0.500. The number of aromatic nitrogens is 4. The van der Waals surface area contributed by atoms with Crippen molar-refractivity contribution in [1.82, 2.24) is 24.0 Å². The summed E-state index contributed by atoms with van der Waals surface area (Å²) < 4.78 is 3.44. The van der Waals surface area contributed by atoms with E-state index in [1.54, 1.807) is 0 Å². The van der Waals surface area contributed by atoms with Gasteiger partial charge >= 0.3 is 11.7 Å². The van der Waals surface area contributed by atoms with Crippen LogP contribution >= 0.6 is 0 Å². The molecular formula is C14H19N5O5. The van der Waals surface area contributed by atoms with E-state index in [2.05, 4.69) is 10.3 Å². The Kier molecular flexibility index (Phi) is 4.86. The van der Waals surface area contributed by atoms with Crippen molar-refractivity contribution in [3.8, 4) is 0 Å². The second kappa shape index (κ2) is 6.69. The Morgan fingerprint density at radius 3 is 2.54 bits per heavy atom. The van der Waals surface area contributed by atoms with Crippen molar-refractivity contribution in [2.24, 2.45) is 14.1 Å². The Hall–Kier alpha value is -2.91. The molecule has 10 heteroatoms. The summed E-state index contributed by atoms with van der Waals surface area (Å²) in [6, 6.07) is -0.982. The van der Waals surface area contributed by atoms with Gasteiger partial charge in [-0.3, -0.25) is 18.7 Å². The Bertz CT molecular complexity index is 907. The van der Waals surface area contributed by atoms with E-state index in [0.29, 0.717) is 12.8 Å². The summed E-state index contributed by atoms with van der Waals surface area (Å²) in [4.78, 5) is 51.3. The van der Waals surface area contributed by atoms with Gasteiger partial charge in [0.1, 0.15) is 12.6 Å². The number of rotatable bonds is 6. The van der Waals surface area contributed by atoms with Gasteiger partial charge in [-0.05, 0) is 6.42 Å². The molecule has 24 heavy (non-hydrogen) atoms. The Morgan fingerprint density at radius 2 is 1.96 bits per heavy atom. The summed E-state index contributed by atoms with van der Waals surface area (Å²) in [5.41, 5.74) is -0.811. The number of fused-ring (bicyclic) bond motifs is 1. The lowest BCUT2D eigenvalue weighted by Gasteiger charge is -2.14. The summed E-state index contributed by atoms with van der Waals surface area (Å²) in [5.74, 6) is -1.66. The highest BCUT2D eigenvalue weighted by atomic mass is 16.4. The van der Waals surface area contributed by atoms with Crippen molar-refractivity contribution in [3.63, 3.8) is 0 Å². The molecule has 1 unspecified atom stereocenters. The minimum Gasteiger partial charge on any atom is -0.480 e. The van der Waals surface area contributed by atoms with Crippen LogP contribution < -0.4 is 16.6 Å². The van der Waals surface area contributed by atoms with Crippen LogP contribution in [0.2, 0.25) is 0 Å². The summed E-state index contributed by atoms with van der Waals surface area (Å²) in [7, 11) is 2.81. The van der Waals surface area contributed by atoms with Crippen molar-refractivity contribution >= 4 is 23.0 Å². The molecule has 0 fully saturated rings. The van der Waals surface area contributed by atoms with Gasteiger partial charge in [0, 0.05) is 14.1 Å². The molecule has 0 aliphatic carbocycles. The van der Waals surface area contributed by atoms with Crippen molar-refractivity contribution in [2.45, 2.75) is 32.4 Å². The first kappa shape index (κ1) is 17.4. The second-order valence-corrected chi connectivity index (χ2v) is 5.50. The highest BCUT2D eigenvalue weighted by molar-refractivity contribution is 5.84. The van der Waals surface area contributed by atoms with Gasteiger partial charge in [0.25, 0.3) is 5.56 Å². The lowest BCUT2D eigenvalue weighted by molar-refractivity contribution is -0.142. The monoisotopic (exact) mass is 337 g/mol. The molecular weight excluding hydrogens is 318 g/mol. The normalized spacial score (nSPS) is 12.3. The van der Waals surface area contributed by atoms with Gasteiger partial charge in [-0.15, -0.1) is 0 Å². The number of nitrogens with zero attached hydrogens (tertiary/aromatic N) is 4. The van der Waals surface area contributed by atoms with Gasteiger partial charge < -0.3 is 15.0 Å². The predicted molar refractivity (Wildman–Crippen MR) is 84.7 cm³/mol. The van der Waals surface area contributed by atoms with Crippen LogP contribution in [0, 0.1) is 0 Å². The minimum atomic E-state index is -1.11. The number of carboxylic acid groups (broad SMARTS) is 1. The summed E-state index contributed by atoms with van der Waals surface area (Å²) in [5, 5.41) is 11.5. The van der Waals surface area contributed by atoms with Crippen molar-refractivity contribution in [1.29, 1.82) is 0 Å². The van der Waals surface area contributed by atoms with Gasteiger partial charge in [-0.25, -0.2) is 14.6 Å². The maximum atomic E-state index is 12.3. The van der Waals surface area contributed by atoms with Gasteiger partial charge in [-0.2, -0.15) is 0 Å². The smallest absolute Gasteiger partial charge is 0.332 e. The average molecular weight is 337 g/mol. The van der Waals surface area contributed by atoms with Gasteiger partial charge in [0.15, 0.2) is 11.2 Å². The molecule has 10 nitrogen and oxygen atoms in total. The number of carbonyl (C=O) groups excluding carboxylic acids is 1. The Labute approximate surface area is 136 Å². The zero-order valence-corrected chi connectivity index (χ0v) is 13.6. The van der Waals surface area contributed by atoms with E-state index < -0.39 is 29.2 Å². The van der Waals surface area contributed by atoms with Gasteiger partial charge in [0.05, 0.1) is 6.33 Å². The number of carbonyl (C=O) groups is 2. The third kappa shape index (κ3) is 3.07. The van der Waals surface area contributed by atoms with Crippen LogP contribution in [0.5, 0.6) is 0 Å². The summed E-state index contributed by atoms with van der Waals surface area (Å²) >= 11 is 0. The average Bonchev–Trinajstić information content (AvgIpc) is 2.94. The number of hydrogen-bond donors (Lipinski definition) is 2. The Balaban J connectivity index is 2.34. The molecule has 1 amide bonds. The molecule has 0 saturated carbocycles. The van der Waals surface area contributed by atoms with Gasteiger partial charge in [0.2, 0.25) is 5.91 Å². The third-order valence-electron chi connectivity index (χ3n) is 3.74. The molecule has 0 saturated heterocycles. The van der Waals surface area contributed by atoms with Crippen LogP contribution in [-0.2, 0) is 30.2 Å². The summed E-state index contributed by atoms with van der Waals surface area (Å²) in [6.45, 7) is 1.55. The molecule has 1 atom stereocenters. The van der Waals surface area contributed by atoms with Crippen LogP contribution in [0.25, 0.3) is 11.2 Å². The maximum Gasteiger partial charge on any atom is 0.332 e. The second-order valence-electron chi connectivity index (χ2n) is 5.50. The molecule has 2 heterocycles. The fourth-order valence-corrected chi connectivity index (χ4v) is 2.46. The minimum absolute atomic E-state index is 0.108. The van der Waals surface area contributed by atoms with Crippen LogP contribution in [0.1, 0.15) is 19.8 Å². The number of aryl methyl sites for hydroxylation is 1. The number of carboxylic acids is 1. The van der Waals surface area contributed by atoms with Crippen LogP contribution in [0.15, 0.2) is 15.9 Å². The van der Waals surface area contributed by atoms with Crippen LogP contribution in [0.3, 0.4) is 0 Å². The molecule has 0 aliphatic rings. The van der Waals surface area contributed by atoms with E-state index in [0.717, 1.165) is 4.57 Å². The van der Waals surface area contributed by atoms with Crippen molar-refractivity contribution in [2.75, 3.05) is 0 Å². The molecule has 0 bridgehead atoms. The van der Waals surface area contributed by atoms with E-state index in [-0.39, 0.29) is 17.7 Å². The van der Waals surface area contributed by atoms with E-state index in [1.165, 1.54) is 29.6 Å². The molecule has 0 aliphatic heterocycles. The topological polar surface area (TPSA) is 128 Å². The molecule has 130 valence electrons. The highest BCUT2D eigenvalue weighted by Crippen LogP contribution is 2.05. The molecule has 2 rings (SSSR count). The quantitative estimate of drug-likeness (QED) is 0.681. The lowest BCUT2D eigenvalue weighted by Crippen LogP contribution is -2.42. The molecule has 2 N–H and O–H groups in total. The van der Waals surface area contributed by atoms with E-state index in [4.69, 9.17) is 5.11 Å². The van der Waals surface area contributed by atoms with Crippen molar-refractivity contribution < 1.29 is 14.7 Å². The molecule has 0 radical (unpaired) electrons. The van der Waals surface area contributed by atoms with E-state index in [1.807, 2.05) is 6.92 Å². The number of amides is 1. The maximum absolute atomic E-state index is 12.3. The number of aliphatic carboxylic acids is 1. The zero-order valence-electron chi connectivity index (χ0n) is 13.6. The molecule has 0 spiro atoms. The first-order valence-corrected chi connectivity index (χ1v) is 7.41. The Morgan fingerprint density at radius 1 is 1.29 bits per heavy atom. The fourth-order valence-electron chi connectivity index (χ4n) is 2.46. The van der Waals surface area contributed by atoms with Crippen molar-refractivity contribution in [3.05, 3.63) is 27.2 Å². The number of imidazole rings is 1. The number of nitrogens with one attached hydrogen (secondary N) is 1. The molecule has 0 aromatic carbocycles. The van der Waals surface area contributed by atoms with E-state index >= 15 is 0 Å². The van der Waals surface area contributed by atoms with E-state index in [9.17, 15) is 19.2 Å². The predicted octanol–water partition coefficient (Wildman–Crippen LogP) is -1.20.